The Morgan fingerprint density at radius 2 is 1.74 bits per heavy atom. The molecular formula is C23H29FN4O3. The largest absolute Gasteiger partial charge is 0.496 e. The van der Waals surface area contributed by atoms with Gasteiger partial charge in [-0.3, -0.25) is 19.4 Å². The molecule has 1 unspecified atom stereocenters. The Bertz CT molecular complexity index is 883. The van der Waals surface area contributed by atoms with E-state index in [2.05, 4.69) is 20.4 Å². The molecule has 0 aliphatic carbocycles. The van der Waals surface area contributed by atoms with Gasteiger partial charge in [-0.2, -0.15) is 0 Å². The molecule has 2 amide bonds. The molecule has 31 heavy (non-hydrogen) atoms. The number of rotatable bonds is 8. The fraction of sp³-hybridized carbons (Fsp3) is 0.391. The molecule has 0 aromatic heterocycles. The molecule has 0 bridgehead atoms. The molecule has 1 saturated heterocycles. The molecule has 0 saturated carbocycles. The van der Waals surface area contributed by atoms with Crippen molar-refractivity contribution in [3.63, 3.8) is 0 Å². The van der Waals surface area contributed by atoms with E-state index in [0.717, 1.165) is 11.3 Å². The van der Waals surface area contributed by atoms with Crippen molar-refractivity contribution in [2.75, 3.05) is 45.2 Å². The molecular weight excluding hydrogens is 399 g/mol. The highest BCUT2D eigenvalue weighted by atomic mass is 19.1. The third-order valence-corrected chi connectivity index (χ3v) is 5.47. The summed E-state index contributed by atoms with van der Waals surface area (Å²) in [5.41, 5.74) is 1.51. The molecule has 1 aliphatic heterocycles. The molecule has 3 rings (SSSR count). The molecule has 2 aromatic rings. The van der Waals surface area contributed by atoms with Crippen LogP contribution in [0.25, 0.3) is 0 Å². The number of hydrogen-bond acceptors (Lipinski definition) is 5. The van der Waals surface area contributed by atoms with Crippen LogP contribution in [-0.2, 0) is 16.1 Å². The summed E-state index contributed by atoms with van der Waals surface area (Å²) in [4.78, 5) is 29.0. The fourth-order valence-electron chi connectivity index (χ4n) is 3.59. The highest BCUT2D eigenvalue weighted by Gasteiger charge is 2.26. The number of amides is 2. The van der Waals surface area contributed by atoms with Crippen LogP contribution in [0.3, 0.4) is 0 Å². The Labute approximate surface area is 182 Å². The Morgan fingerprint density at radius 3 is 2.42 bits per heavy atom. The molecule has 166 valence electrons. The number of ether oxygens (including phenoxy) is 1. The van der Waals surface area contributed by atoms with E-state index in [-0.39, 0.29) is 30.2 Å². The number of para-hydroxylation sites is 1. The molecule has 8 heteroatoms. The van der Waals surface area contributed by atoms with E-state index in [1.54, 1.807) is 7.11 Å². The predicted octanol–water partition coefficient (Wildman–Crippen LogP) is 2.10. The van der Waals surface area contributed by atoms with Gasteiger partial charge < -0.3 is 15.4 Å². The highest BCUT2D eigenvalue weighted by Crippen LogP contribution is 2.17. The number of nitrogens with one attached hydrogen (secondary N) is 2. The van der Waals surface area contributed by atoms with Crippen LogP contribution in [0.2, 0.25) is 0 Å². The van der Waals surface area contributed by atoms with Gasteiger partial charge in [0.1, 0.15) is 11.6 Å². The quantitative estimate of drug-likeness (QED) is 0.674. The Morgan fingerprint density at radius 1 is 1.06 bits per heavy atom. The van der Waals surface area contributed by atoms with Gasteiger partial charge in [-0.15, -0.1) is 0 Å². The summed E-state index contributed by atoms with van der Waals surface area (Å²) in [6.07, 6.45) is 0. The van der Waals surface area contributed by atoms with Crippen LogP contribution in [-0.4, -0.2) is 67.5 Å². The number of anilines is 1. The van der Waals surface area contributed by atoms with Gasteiger partial charge in [-0.1, -0.05) is 18.2 Å². The van der Waals surface area contributed by atoms with Crippen molar-refractivity contribution in [2.45, 2.75) is 19.5 Å². The number of methoxy groups -OCH3 is 1. The van der Waals surface area contributed by atoms with E-state index in [1.807, 2.05) is 31.2 Å². The fourth-order valence-corrected chi connectivity index (χ4v) is 3.59. The van der Waals surface area contributed by atoms with Crippen LogP contribution >= 0.6 is 0 Å². The van der Waals surface area contributed by atoms with E-state index in [0.29, 0.717) is 38.4 Å². The van der Waals surface area contributed by atoms with Crippen molar-refractivity contribution >= 4 is 17.5 Å². The maximum Gasteiger partial charge on any atom is 0.238 e. The lowest BCUT2D eigenvalue weighted by Gasteiger charge is -2.37. The lowest BCUT2D eigenvalue weighted by Crippen LogP contribution is -2.54. The minimum Gasteiger partial charge on any atom is -0.496 e. The Hall–Kier alpha value is -2.97. The molecule has 0 spiro atoms. The number of carbonyl (C=O) groups is 2. The second-order valence-electron chi connectivity index (χ2n) is 7.57. The minimum atomic E-state index is -0.338. The summed E-state index contributed by atoms with van der Waals surface area (Å²) in [7, 11) is 1.61. The van der Waals surface area contributed by atoms with Gasteiger partial charge in [0.25, 0.3) is 0 Å². The Kier molecular flexibility index (Phi) is 7.97. The van der Waals surface area contributed by atoms with Gasteiger partial charge in [0, 0.05) is 44.0 Å². The zero-order valence-electron chi connectivity index (χ0n) is 17.9. The first-order chi connectivity index (χ1) is 15.0. The molecule has 1 aliphatic rings. The molecule has 7 nitrogen and oxygen atoms in total. The maximum absolute atomic E-state index is 13.0. The van der Waals surface area contributed by atoms with Crippen LogP contribution in [0.1, 0.15) is 12.5 Å². The van der Waals surface area contributed by atoms with E-state index in [4.69, 9.17) is 4.74 Å². The van der Waals surface area contributed by atoms with Crippen molar-refractivity contribution in [3.05, 3.63) is 59.9 Å². The van der Waals surface area contributed by atoms with Crippen LogP contribution in [0.4, 0.5) is 10.1 Å². The van der Waals surface area contributed by atoms with E-state index < -0.39 is 0 Å². The topological polar surface area (TPSA) is 73.9 Å². The average molecular weight is 429 g/mol. The summed E-state index contributed by atoms with van der Waals surface area (Å²) in [5, 5.41) is 5.76. The number of piperazine rings is 1. The average Bonchev–Trinajstić information content (AvgIpc) is 2.79. The minimum absolute atomic E-state index is 0.0339. The predicted molar refractivity (Wildman–Crippen MR) is 117 cm³/mol. The van der Waals surface area contributed by atoms with Crippen molar-refractivity contribution in [2.24, 2.45) is 0 Å². The molecule has 1 atom stereocenters. The zero-order valence-corrected chi connectivity index (χ0v) is 17.9. The molecule has 2 aromatic carbocycles. The smallest absolute Gasteiger partial charge is 0.238 e. The highest BCUT2D eigenvalue weighted by molar-refractivity contribution is 5.92. The first kappa shape index (κ1) is 22.7. The first-order valence-electron chi connectivity index (χ1n) is 10.4. The van der Waals surface area contributed by atoms with E-state index in [1.165, 1.54) is 24.3 Å². The summed E-state index contributed by atoms with van der Waals surface area (Å²) in [6.45, 7) is 5.37. The van der Waals surface area contributed by atoms with Gasteiger partial charge >= 0.3 is 0 Å². The number of nitrogens with zero attached hydrogens (tertiary/aromatic N) is 2. The van der Waals surface area contributed by atoms with Gasteiger partial charge in [0.15, 0.2) is 0 Å². The zero-order chi connectivity index (χ0) is 22.2. The van der Waals surface area contributed by atoms with Crippen LogP contribution in [0, 0.1) is 5.82 Å². The Balaban J connectivity index is 1.41. The van der Waals surface area contributed by atoms with Crippen molar-refractivity contribution in [3.8, 4) is 5.75 Å². The van der Waals surface area contributed by atoms with Gasteiger partial charge in [-0.25, -0.2) is 4.39 Å². The lowest BCUT2D eigenvalue weighted by atomic mass is 10.1. The summed E-state index contributed by atoms with van der Waals surface area (Å²) >= 11 is 0. The SMILES string of the molecule is COc1ccccc1CNC(=O)C(C)N1CCN(CC(=O)Nc2ccc(F)cc2)CC1. The van der Waals surface area contributed by atoms with Crippen molar-refractivity contribution in [1.29, 1.82) is 0 Å². The van der Waals surface area contributed by atoms with Crippen molar-refractivity contribution < 1.29 is 18.7 Å². The lowest BCUT2D eigenvalue weighted by molar-refractivity contribution is -0.127. The van der Waals surface area contributed by atoms with E-state index in [9.17, 15) is 14.0 Å². The van der Waals surface area contributed by atoms with Crippen LogP contribution < -0.4 is 15.4 Å². The molecule has 1 heterocycles. The third kappa shape index (κ3) is 6.50. The van der Waals surface area contributed by atoms with Gasteiger partial charge in [0.05, 0.1) is 19.7 Å². The van der Waals surface area contributed by atoms with Crippen LogP contribution in [0.5, 0.6) is 5.75 Å². The first-order valence-corrected chi connectivity index (χ1v) is 10.4. The maximum atomic E-state index is 13.0. The second-order valence-corrected chi connectivity index (χ2v) is 7.57. The van der Waals surface area contributed by atoms with Crippen molar-refractivity contribution in [1.82, 2.24) is 15.1 Å². The second kappa shape index (κ2) is 10.9. The number of hydrogen-bond donors (Lipinski definition) is 2. The number of benzene rings is 2. The number of halogens is 1. The molecule has 2 N–H and O–H groups in total. The third-order valence-electron chi connectivity index (χ3n) is 5.47. The monoisotopic (exact) mass is 428 g/mol. The van der Waals surface area contributed by atoms with Gasteiger partial charge in [-0.05, 0) is 37.3 Å². The van der Waals surface area contributed by atoms with Gasteiger partial charge in [0.2, 0.25) is 11.8 Å². The molecule has 1 fully saturated rings. The standard InChI is InChI=1S/C23H29FN4O3/c1-17(23(30)25-15-18-5-3-4-6-21(18)31-2)28-13-11-27(12-14-28)16-22(29)26-20-9-7-19(24)8-10-20/h3-10,17H,11-16H2,1-2H3,(H,25,30)(H,26,29). The summed E-state index contributed by atoms with van der Waals surface area (Å²) in [6, 6.07) is 13.1. The normalized spacial score (nSPS) is 15.8. The van der Waals surface area contributed by atoms with E-state index >= 15 is 0 Å². The number of carbonyl (C=O) groups excluding carboxylic acids is 2. The van der Waals surface area contributed by atoms with Crippen LogP contribution in [0.15, 0.2) is 48.5 Å². The summed E-state index contributed by atoms with van der Waals surface area (Å²) < 4.78 is 18.3. The molecule has 0 radical (unpaired) electrons. The summed E-state index contributed by atoms with van der Waals surface area (Å²) in [5.74, 6) is 0.245.